The number of benzene rings is 1. The Hall–Kier alpha value is -0.670. The molecule has 3 N–H and O–H groups in total. The maximum absolute atomic E-state index is 9.37. The molecule has 0 aromatic heterocycles. The molecule has 1 aromatic rings. The molecular formula is C11H15NOS. The highest BCUT2D eigenvalue weighted by Gasteiger charge is 2.18. The molecule has 14 heavy (non-hydrogen) atoms. The van der Waals surface area contributed by atoms with E-state index in [-0.39, 0.29) is 0 Å². The molecule has 2 rings (SSSR count). The van der Waals surface area contributed by atoms with Crippen LogP contribution in [-0.4, -0.2) is 17.4 Å². The summed E-state index contributed by atoms with van der Waals surface area (Å²) in [7, 11) is 0. The molecule has 0 bridgehead atoms. The molecule has 1 aromatic carbocycles. The van der Waals surface area contributed by atoms with Crippen molar-refractivity contribution in [3.8, 4) is 5.75 Å². The average Bonchev–Trinajstić information content (AvgIpc) is 2.17. The quantitative estimate of drug-likeness (QED) is 0.783. The fraction of sp³-hybridized carbons (Fsp3) is 0.455. The number of hydrogen-bond donors (Lipinski definition) is 2. The molecule has 1 heterocycles. The lowest BCUT2D eigenvalue weighted by atomic mass is 9.97. The molecule has 1 aliphatic rings. The van der Waals surface area contributed by atoms with Gasteiger partial charge in [-0.1, -0.05) is 0 Å². The van der Waals surface area contributed by atoms with Crippen LogP contribution in [0, 0.1) is 5.92 Å². The number of nitrogens with two attached hydrogens (primary N) is 1. The summed E-state index contributed by atoms with van der Waals surface area (Å²) < 4.78 is 0. The van der Waals surface area contributed by atoms with Gasteiger partial charge in [-0.05, 0) is 49.1 Å². The molecule has 0 fully saturated rings. The number of phenols is 1. The van der Waals surface area contributed by atoms with E-state index in [9.17, 15) is 5.11 Å². The zero-order valence-electron chi connectivity index (χ0n) is 8.07. The van der Waals surface area contributed by atoms with Crippen LogP contribution in [0.4, 0.5) is 0 Å². The van der Waals surface area contributed by atoms with Crippen LogP contribution in [-0.2, 0) is 6.42 Å². The largest absolute Gasteiger partial charge is 0.508 e. The smallest absolute Gasteiger partial charge is 0.115 e. The van der Waals surface area contributed by atoms with Gasteiger partial charge in [0.15, 0.2) is 0 Å². The van der Waals surface area contributed by atoms with Crippen molar-refractivity contribution >= 4 is 11.8 Å². The fourth-order valence-corrected chi connectivity index (χ4v) is 3.06. The molecule has 0 amide bonds. The van der Waals surface area contributed by atoms with Crippen LogP contribution >= 0.6 is 11.8 Å². The molecule has 76 valence electrons. The molecule has 0 saturated carbocycles. The summed E-state index contributed by atoms with van der Waals surface area (Å²) in [5, 5.41) is 9.37. The minimum absolute atomic E-state index is 0.373. The van der Waals surface area contributed by atoms with Gasteiger partial charge in [-0.25, -0.2) is 0 Å². The van der Waals surface area contributed by atoms with E-state index in [1.54, 1.807) is 6.07 Å². The van der Waals surface area contributed by atoms with E-state index in [2.05, 4.69) is 0 Å². The maximum atomic E-state index is 9.37. The highest BCUT2D eigenvalue weighted by Crippen LogP contribution is 2.35. The van der Waals surface area contributed by atoms with Crippen molar-refractivity contribution in [2.75, 3.05) is 12.3 Å². The zero-order chi connectivity index (χ0) is 9.97. The van der Waals surface area contributed by atoms with Gasteiger partial charge < -0.3 is 10.8 Å². The van der Waals surface area contributed by atoms with Crippen LogP contribution in [0.15, 0.2) is 23.1 Å². The molecular weight excluding hydrogens is 194 g/mol. The maximum Gasteiger partial charge on any atom is 0.115 e. The standard InChI is InChI=1S/C11H15NOS/c12-4-3-8-5-9-6-10(13)1-2-11(9)14-7-8/h1-2,6,8,13H,3-5,7,12H2. The first-order valence-corrected chi connectivity index (χ1v) is 5.93. The summed E-state index contributed by atoms with van der Waals surface area (Å²) in [5.41, 5.74) is 6.83. The van der Waals surface area contributed by atoms with Gasteiger partial charge in [0, 0.05) is 10.6 Å². The summed E-state index contributed by atoms with van der Waals surface area (Å²) in [4.78, 5) is 1.32. The molecule has 2 nitrogen and oxygen atoms in total. The fourth-order valence-electron chi connectivity index (χ4n) is 1.86. The van der Waals surface area contributed by atoms with Gasteiger partial charge in [0.25, 0.3) is 0 Å². The second-order valence-electron chi connectivity index (χ2n) is 3.75. The monoisotopic (exact) mass is 209 g/mol. The first kappa shape index (κ1) is 9.87. The molecule has 3 heteroatoms. The number of fused-ring (bicyclic) bond motifs is 1. The molecule has 0 aliphatic carbocycles. The highest BCUT2D eigenvalue weighted by molar-refractivity contribution is 7.99. The third-order valence-electron chi connectivity index (χ3n) is 2.60. The lowest BCUT2D eigenvalue weighted by Crippen LogP contribution is -2.17. The van der Waals surface area contributed by atoms with Gasteiger partial charge in [-0.3, -0.25) is 0 Å². The lowest BCUT2D eigenvalue weighted by Gasteiger charge is -2.23. The Morgan fingerprint density at radius 3 is 3.14 bits per heavy atom. The van der Waals surface area contributed by atoms with Gasteiger partial charge in [0.2, 0.25) is 0 Å². The number of phenolic OH excluding ortho intramolecular Hbond substituents is 1. The Bertz CT molecular complexity index is 327. The Balaban J connectivity index is 2.16. The number of hydrogen-bond acceptors (Lipinski definition) is 3. The third kappa shape index (κ3) is 2.04. The number of thioether (sulfide) groups is 1. The van der Waals surface area contributed by atoms with Gasteiger partial charge in [0.1, 0.15) is 5.75 Å². The number of rotatable bonds is 2. The average molecular weight is 209 g/mol. The molecule has 1 atom stereocenters. The van der Waals surface area contributed by atoms with E-state index in [4.69, 9.17) is 5.73 Å². The van der Waals surface area contributed by atoms with Crippen LogP contribution in [0.25, 0.3) is 0 Å². The molecule has 1 unspecified atom stereocenters. The van der Waals surface area contributed by atoms with Gasteiger partial charge >= 0.3 is 0 Å². The van der Waals surface area contributed by atoms with Gasteiger partial charge in [-0.15, -0.1) is 11.8 Å². The van der Waals surface area contributed by atoms with Crippen molar-refractivity contribution in [1.82, 2.24) is 0 Å². The van der Waals surface area contributed by atoms with E-state index < -0.39 is 0 Å². The van der Waals surface area contributed by atoms with Crippen molar-refractivity contribution < 1.29 is 5.11 Å². The van der Waals surface area contributed by atoms with E-state index in [0.717, 1.165) is 25.1 Å². The predicted octanol–water partition coefficient (Wildman–Crippen LogP) is 2.01. The first-order valence-electron chi connectivity index (χ1n) is 4.94. The Labute approximate surface area is 88.5 Å². The molecule has 0 radical (unpaired) electrons. The third-order valence-corrected chi connectivity index (χ3v) is 3.95. The van der Waals surface area contributed by atoms with Gasteiger partial charge in [0.05, 0.1) is 0 Å². The molecule has 0 spiro atoms. The van der Waals surface area contributed by atoms with Crippen LogP contribution in [0.5, 0.6) is 5.75 Å². The summed E-state index contributed by atoms with van der Waals surface area (Å²) in [6.07, 6.45) is 2.15. The van der Waals surface area contributed by atoms with Crippen molar-refractivity contribution in [3.63, 3.8) is 0 Å². The summed E-state index contributed by atoms with van der Waals surface area (Å²) in [6, 6.07) is 5.65. The second-order valence-corrected chi connectivity index (χ2v) is 4.81. The Kier molecular flexibility index (Phi) is 2.99. The summed E-state index contributed by atoms with van der Waals surface area (Å²) in [5.74, 6) is 2.21. The van der Waals surface area contributed by atoms with Crippen LogP contribution in [0.1, 0.15) is 12.0 Å². The minimum atomic E-state index is 0.373. The van der Waals surface area contributed by atoms with E-state index >= 15 is 0 Å². The lowest BCUT2D eigenvalue weighted by molar-refractivity contribution is 0.471. The van der Waals surface area contributed by atoms with Gasteiger partial charge in [-0.2, -0.15) is 0 Å². The van der Waals surface area contributed by atoms with Crippen LogP contribution < -0.4 is 5.73 Å². The van der Waals surface area contributed by atoms with E-state index in [0.29, 0.717) is 11.7 Å². The molecule has 0 saturated heterocycles. The minimum Gasteiger partial charge on any atom is -0.508 e. The highest BCUT2D eigenvalue weighted by atomic mass is 32.2. The van der Waals surface area contributed by atoms with E-state index in [1.807, 2.05) is 23.9 Å². The van der Waals surface area contributed by atoms with Crippen molar-refractivity contribution in [3.05, 3.63) is 23.8 Å². The summed E-state index contributed by atoms with van der Waals surface area (Å²) in [6.45, 7) is 0.763. The van der Waals surface area contributed by atoms with Crippen LogP contribution in [0.2, 0.25) is 0 Å². The zero-order valence-corrected chi connectivity index (χ0v) is 8.89. The summed E-state index contributed by atoms with van der Waals surface area (Å²) >= 11 is 1.88. The normalized spacial score (nSPS) is 20.5. The topological polar surface area (TPSA) is 46.2 Å². The Morgan fingerprint density at radius 2 is 2.36 bits per heavy atom. The Morgan fingerprint density at radius 1 is 1.50 bits per heavy atom. The SMILES string of the molecule is NCCC1CSc2ccc(O)cc2C1. The van der Waals surface area contributed by atoms with Crippen molar-refractivity contribution in [2.45, 2.75) is 17.7 Å². The second kappa shape index (κ2) is 4.24. The number of aromatic hydroxyl groups is 1. The van der Waals surface area contributed by atoms with E-state index in [1.165, 1.54) is 10.5 Å². The first-order chi connectivity index (χ1) is 6.79. The molecule has 1 aliphatic heterocycles. The van der Waals surface area contributed by atoms with Crippen LogP contribution in [0.3, 0.4) is 0 Å². The predicted molar refractivity (Wildman–Crippen MR) is 59.7 cm³/mol. The van der Waals surface area contributed by atoms with Crippen molar-refractivity contribution in [1.29, 1.82) is 0 Å². The van der Waals surface area contributed by atoms with Crippen molar-refractivity contribution in [2.24, 2.45) is 11.7 Å².